The molecule has 0 aliphatic carbocycles. The molecule has 2 heterocycles. The number of imidazole rings is 1. The van der Waals surface area contributed by atoms with E-state index in [0.29, 0.717) is 6.54 Å². The number of primary amides is 1. The maximum atomic E-state index is 11.7. The molecule has 1 amide bonds. The number of fused-ring (bicyclic) bond motifs is 1. The Morgan fingerprint density at radius 1 is 1.47 bits per heavy atom. The SMILES string of the molecule is CCn1cnc2c(C(N)=O)ncn2c1=O. The Morgan fingerprint density at radius 2 is 2.20 bits per heavy atom. The van der Waals surface area contributed by atoms with E-state index < -0.39 is 5.91 Å². The monoisotopic (exact) mass is 207 g/mol. The lowest BCUT2D eigenvalue weighted by atomic mass is 10.4. The van der Waals surface area contributed by atoms with Crippen LogP contribution in [-0.2, 0) is 6.54 Å². The summed E-state index contributed by atoms with van der Waals surface area (Å²) in [5.74, 6) is -0.696. The molecule has 7 heteroatoms. The van der Waals surface area contributed by atoms with Crippen molar-refractivity contribution in [2.45, 2.75) is 13.5 Å². The van der Waals surface area contributed by atoms with E-state index in [9.17, 15) is 9.59 Å². The molecule has 0 aromatic carbocycles. The van der Waals surface area contributed by atoms with Gasteiger partial charge in [-0.3, -0.25) is 9.36 Å². The van der Waals surface area contributed by atoms with Crippen LogP contribution >= 0.6 is 0 Å². The normalized spacial score (nSPS) is 10.7. The Bertz CT molecular complexity index is 582. The van der Waals surface area contributed by atoms with Gasteiger partial charge in [-0.05, 0) is 6.92 Å². The van der Waals surface area contributed by atoms with Gasteiger partial charge in [0.1, 0.15) is 12.7 Å². The molecule has 0 aliphatic rings. The van der Waals surface area contributed by atoms with Gasteiger partial charge in [0.25, 0.3) is 5.91 Å². The molecule has 0 saturated heterocycles. The molecule has 7 nitrogen and oxygen atoms in total. The molecular weight excluding hydrogens is 198 g/mol. The quantitative estimate of drug-likeness (QED) is 0.683. The maximum Gasteiger partial charge on any atom is 0.336 e. The molecule has 2 rings (SSSR count). The fraction of sp³-hybridized carbons (Fsp3) is 0.250. The first kappa shape index (κ1) is 9.38. The van der Waals surface area contributed by atoms with Gasteiger partial charge in [0.15, 0.2) is 11.3 Å². The second-order valence-electron chi connectivity index (χ2n) is 2.96. The van der Waals surface area contributed by atoms with Crippen LogP contribution in [0.4, 0.5) is 0 Å². The Labute approximate surface area is 84.2 Å². The van der Waals surface area contributed by atoms with E-state index in [1.807, 2.05) is 6.92 Å². The van der Waals surface area contributed by atoms with Gasteiger partial charge in [0, 0.05) is 6.54 Å². The van der Waals surface area contributed by atoms with E-state index in [2.05, 4.69) is 9.97 Å². The third kappa shape index (κ3) is 1.28. The first-order valence-corrected chi connectivity index (χ1v) is 4.37. The summed E-state index contributed by atoms with van der Waals surface area (Å²) in [6.45, 7) is 2.33. The fourth-order valence-corrected chi connectivity index (χ4v) is 1.31. The van der Waals surface area contributed by atoms with Crippen LogP contribution in [0.5, 0.6) is 0 Å². The third-order valence-corrected chi connectivity index (χ3v) is 2.09. The Hall–Kier alpha value is -2.18. The third-order valence-electron chi connectivity index (χ3n) is 2.09. The zero-order valence-electron chi connectivity index (χ0n) is 8.04. The standard InChI is InChI=1S/C8H9N5O2/c1-2-12-3-11-7-5(6(9)14)10-4-13(7)8(12)15/h3-4H,2H2,1H3,(H2,9,14). The van der Waals surface area contributed by atoms with Crippen molar-refractivity contribution in [1.29, 1.82) is 0 Å². The second-order valence-corrected chi connectivity index (χ2v) is 2.96. The summed E-state index contributed by atoms with van der Waals surface area (Å²) in [6, 6.07) is 0. The van der Waals surface area contributed by atoms with Gasteiger partial charge in [-0.2, -0.15) is 0 Å². The van der Waals surface area contributed by atoms with Crippen molar-refractivity contribution in [3.8, 4) is 0 Å². The van der Waals surface area contributed by atoms with Crippen LogP contribution in [0.1, 0.15) is 17.4 Å². The Kier molecular flexibility index (Phi) is 2.00. The van der Waals surface area contributed by atoms with Gasteiger partial charge in [-0.15, -0.1) is 0 Å². The number of nitrogens with zero attached hydrogens (tertiary/aromatic N) is 4. The van der Waals surface area contributed by atoms with Crippen molar-refractivity contribution in [3.63, 3.8) is 0 Å². The van der Waals surface area contributed by atoms with Gasteiger partial charge in [0.05, 0.1) is 0 Å². The minimum Gasteiger partial charge on any atom is -0.364 e. The molecular formula is C8H9N5O2. The lowest BCUT2D eigenvalue weighted by molar-refractivity contribution is 0.0997. The van der Waals surface area contributed by atoms with E-state index in [1.54, 1.807) is 0 Å². The average Bonchev–Trinajstić information content (AvgIpc) is 2.62. The zero-order valence-corrected chi connectivity index (χ0v) is 8.04. The summed E-state index contributed by atoms with van der Waals surface area (Å²) in [5.41, 5.74) is 4.99. The van der Waals surface area contributed by atoms with Gasteiger partial charge >= 0.3 is 5.69 Å². The number of carbonyl (C=O) groups is 1. The summed E-state index contributed by atoms with van der Waals surface area (Å²) < 4.78 is 2.60. The van der Waals surface area contributed by atoms with Crippen LogP contribution in [0.15, 0.2) is 17.4 Å². The number of amides is 1. The molecule has 0 fully saturated rings. The van der Waals surface area contributed by atoms with E-state index in [0.717, 1.165) is 0 Å². The molecule has 2 N–H and O–H groups in total. The van der Waals surface area contributed by atoms with Crippen LogP contribution in [0.25, 0.3) is 5.65 Å². The number of rotatable bonds is 2. The maximum absolute atomic E-state index is 11.7. The smallest absolute Gasteiger partial charge is 0.336 e. The Morgan fingerprint density at radius 3 is 2.80 bits per heavy atom. The molecule has 0 unspecified atom stereocenters. The van der Waals surface area contributed by atoms with Crippen molar-refractivity contribution in [2.24, 2.45) is 5.73 Å². The number of nitrogens with two attached hydrogens (primary N) is 1. The second kappa shape index (κ2) is 3.19. The first-order valence-electron chi connectivity index (χ1n) is 4.37. The summed E-state index contributed by atoms with van der Waals surface area (Å²) >= 11 is 0. The van der Waals surface area contributed by atoms with Gasteiger partial charge < -0.3 is 5.73 Å². The van der Waals surface area contributed by atoms with Gasteiger partial charge in [0.2, 0.25) is 0 Å². The lowest BCUT2D eigenvalue weighted by Crippen LogP contribution is -2.26. The van der Waals surface area contributed by atoms with Crippen molar-refractivity contribution in [2.75, 3.05) is 0 Å². The van der Waals surface area contributed by atoms with E-state index in [4.69, 9.17) is 5.73 Å². The van der Waals surface area contributed by atoms with E-state index in [1.165, 1.54) is 21.6 Å². The van der Waals surface area contributed by atoms with Crippen LogP contribution < -0.4 is 11.4 Å². The molecule has 2 aromatic heterocycles. The molecule has 2 aromatic rings. The molecule has 0 aliphatic heterocycles. The van der Waals surface area contributed by atoms with Crippen molar-refractivity contribution in [1.82, 2.24) is 18.9 Å². The molecule has 78 valence electrons. The average molecular weight is 207 g/mol. The predicted molar refractivity (Wildman–Crippen MR) is 51.4 cm³/mol. The van der Waals surface area contributed by atoms with E-state index >= 15 is 0 Å². The van der Waals surface area contributed by atoms with Gasteiger partial charge in [-0.25, -0.2) is 19.2 Å². The minimum absolute atomic E-state index is 0.00959. The number of aromatic nitrogens is 4. The summed E-state index contributed by atoms with van der Waals surface area (Å²) in [6.07, 6.45) is 2.61. The zero-order chi connectivity index (χ0) is 11.0. The minimum atomic E-state index is -0.696. The summed E-state index contributed by atoms with van der Waals surface area (Å²) in [7, 11) is 0. The van der Waals surface area contributed by atoms with E-state index in [-0.39, 0.29) is 17.0 Å². The summed E-state index contributed by atoms with van der Waals surface area (Å²) in [4.78, 5) is 30.3. The first-order chi connectivity index (χ1) is 7.15. The Balaban J connectivity index is 2.82. The highest BCUT2D eigenvalue weighted by Gasteiger charge is 2.13. The lowest BCUT2D eigenvalue weighted by Gasteiger charge is -2.00. The van der Waals surface area contributed by atoms with Crippen LogP contribution in [0.2, 0.25) is 0 Å². The molecule has 0 radical (unpaired) electrons. The number of hydrogen-bond donors (Lipinski definition) is 1. The predicted octanol–water partition coefficient (Wildman–Crippen LogP) is -0.990. The highest BCUT2D eigenvalue weighted by Crippen LogP contribution is 2.01. The number of aryl methyl sites for hydroxylation is 1. The van der Waals surface area contributed by atoms with Crippen LogP contribution in [-0.4, -0.2) is 24.8 Å². The van der Waals surface area contributed by atoms with Crippen LogP contribution in [0, 0.1) is 0 Å². The highest BCUT2D eigenvalue weighted by molar-refractivity contribution is 5.96. The van der Waals surface area contributed by atoms with Gasteiger partial charge in [-0.1, -0.05) is 0 Å². The highest BCUT2D eigenvalue weighted by atomic mass is 16.2. The fourth-order valence-electron chi connectivity index (χ4n) is 1.31. The van der Waals surface area contributed by atoms with Crippen molar-refractivity contribution >= 4 is 11.6 Å². The molecule has 0 bridgehead atoms. The molecule has 0 spiro atoms. The molecule has 0 saturated carbocycles. The molecule has 0 atom stereocenters. The largest absolute Gasteiger partial charge is 0.364 e. The van der Waals surface area contributed by atoms with Crippen molar-refractivity contribution < 1.29 is 4.79 Å². The topological polar surface area (TPSA) is 95.3 Å². The van der Waals surface area contributed by atoms with Crippen molar-refractivity contribution in [3.05, 3.63) is 28.8 Å². The number of hydrogen-bond acceptors (Lipinski definition) is 4. The molecule has 15 heavy (non-hydrogen) atoms. The van der Waals surface area contributed by atoms with Crippen LogP contribution in [0.3, 0.4) is 0 Å². The number of carbonyl (C=O) groups excluding carboxylic acids is 1. The summed E-state index contributed by atoms with van der Waals surface area (Å²) in [5, 5.41) is 0.